The molecule has 1 aliphatic heterocycles. The maximum absolute atomic E-state index is 12.6. The predicted octanol–water partition coefficient (Wildman–Crippen LogP) is 1.73. The summed E-state index contributed by atoms with van der Waals surface area (Å²) in [5.41, 5.74) is 6.10. The Hall–Kier alpha value is -1.06. The van der Waals surface area contributed by atoms with Gasteiger partial charge in [0, 0.05) is 17.4 Å². The fourth-order valence-corrected chi connectivity index (χ4v) is 3.97. The zero-order chi connectivity index (χ0) is 19.3. The van der Waals surface area contributed by atoms with E-state index in [9.17, 15) is 4.79 Å². The molecule has 0 radical (unpaired) electrons. The maximum atomic E-state index is 12.6. The predicted molar refractivity (Wildman–Crippen MR) is 111 cm³/mol. The number of aryl methyl sites for hydroxylation is 2. The van der Waals surface area contributed by atoms with Gasteiger partial charge in [-0.25, -0.2) is 0 Å². The molecule has 0 saturated carbocycles. The van der Waals surface area contributed by atoms with E-state index in [1.165, 1.54) is 67.4 Å². The third kappa shape index (κ3) is 6.22. The first-order valence-electron chi connectivity index (χ1n) is 10.5. The van der Waals surface area contributed by atoms with Crippen molar-refractivity contribution in [2.45, 2.75) is 86.5 Å². The number of carbonyl (C=O) groups is 1. The summed E-state index contributed by atoms with van der Waals surface area (Å²) in [5, 5.41) is 3.27. The smallest absolute Gasteiger partial charge is 0.229 e. The van der Waals surface area contributed by atoms with Gasteiger partial charge in [-0.2, -0.15) is 0 Å². The highest BCUT2D eigenvalue weighted by atomic mass is 35.5. The van der Waals surface area contributed by atoms with Gasteiger partial charge in [-0.3, -0.25) is 4.79 Å². The Balaban J connectivity index is 0.00000364. The number of halogens is 1. The summed E-state index contributed by atoms with van der Waals surface area (Å²) in [6.45, 7) is 14.9. The van der Waals surface area contributed by atoms with Gasteiger partial charge in [-0.1, -0.05) is 59.4 Å². The monoisotopic (exact) mass is 394 g/mol. The van der Waals surface area contributed by atoms with Crippen LogP contribution in [0.1, 0.15) is 82.9 Å². The molecule has 2 N–H and O–H groups in total. The van der Waals surface area contributed by atoms with E-state index in [0.717, 1.165) is 18.7 Å². The Morgan fingerprint density at radius 3 is 2.33 bits per heavy atom. The summed E-state index contributed by atoms with van der Waals surface area (Å²) in [7, 11) is 0. The van der Waals surface area contributed by atoms with Crippen LogP contribution in [0.4, 0.5) is 11.4 Å². The zero-order valence-corrected chi connectivity index (χ0v) is 19.0. The van der Waals surface area contributed by atoms with E-state index >= 15 is 0 Å². The molecule has 2 rings (SSSR count). The van der Waals surface area contributed by atoms with Crippen LogP contribution in [0.15, 0.2) is 6.07 Å². The second kappa shape index (κ2) is 10.5. The van der Waals surface area contributed by atoms with Gasteiger partial charge in [-0.15, -0.1) is 0 Å². The number of hydrogen-bond acceptors (Lipinski definition) is 1. The summed E-state index contributed by atoms with van der Waals surface area (Å²) in [5.74, 6) is 0.109. The van der Waals surface area contributed by atoms with Crippen LogP contribution in [0.25, 0.3) is 0 Å². The molecule has 0 bridgehead atoms. The standard InChI is InChI=1S/C23H38N2O.ClH/c1-7-8-9-10-11-12-14-25-15-13-19-17(2)16-18(3)20(21(19)25)24-22(26)23(4,5)6;/h16H,7-15H2,1-6H3,(H,24,26);1H. The van der Waals surface area contributed by atoms with Crippen molar-refractivity contribution in [2.75, 3.05) is 18.4 Å². The number of anilines is 1. The van der Waals surface area contributed by atoms with E-state index in [1.807, 2.05) is 20.8 Å². The zero-order valence-electron chi connectivity index (χ0n) is 18.2. The highest BCUT2D eigenvalue weighted by Crippen LogP contribution is 2.33. The molecular formula is C23H39ClN2O. The number of quaternary nitrogens is 1. The number of rotatable bonds is 8. The lowest BCUT2D eigenvalue weighted by atomic mass is 9.94. The summed E-state index contributed by atoms with van der Waals surface area (Å²) in [6, 6.07) is 2.24. The largest absolute Gasteiger partial charge is 1.00 e. The van der Waals surface area contributed by atoms with Crippen LogP contribution in [-0.4, -0.2) is 19.0 Å². The molecular weight excluding hydrogens is 356 g/mol. The summed E-state index contributed by atoms with van der Waals surface area (Å²) in [6.07, 6.45) is 9.12. The molecule has 4 heteroatoms. The lowest BCUT2D eigenvalue weighted by Crippen LogP contribution is -3.06. The lowest BCUT2D eigenvalue weighted by molar-refractivity contribution is -0.825. The van der Waals surface area contributed by atoms with Crippen molar-refractivity contribution in [3.8, 4) is 0 Å². The molecule has 0 saturated heterocycles. The summed E-state index contributed by atoms with van der Waals surface area (Å²) in [4.78, 5) is 14.2. The molecule has 1 aromatic rings. The van der Waals surface area contributed by atoms with Crippen molar-refractivity contribution in [3.63, 3.8) is 0 Å². The SMILES string of the molecule is CCCCCCCC[NH+]1CCc2c(C)cc(C)c(NC(=O)C(C)(C)C)c21.[Cl-]. The maximum Gasteiger partial charge on any atom is 0.229 e. The Kier molecular flexibility index (Phi) is 9.30. The summed E-state index contributed by atoms with van der Waals surface area (Å²) < 4.78 is 0. The first-order valence-corrected chi connectivity index (χ1v) is 10.5. The molecule has 0 spiro atoms. The minimum absolute atomic E-state index is 0. The first-order chi connectivity index (χ1) is 12.3. The van der Waals surface area contributed by atoms with Crippen LogP contribution >= 0.6 is 0 Å². The van der Waals surface area contributed by atoms with Crippen LogP contribution in [0.2, 0.25) is 0 Å². The molecule has 0 fully saturated rings. The Morgan fingerprint density at radius 1 is 1.07 bits per heavy atom. The van der Waals surface area contributed by atoms with Crippen molar-refractivity contribution >= 4 is 17.3 Å². The fraction of sp³-hybridized carbons (Fsp3) is 0.696. The third-order valence-electron chi connectivity index (χ3n) is 5.64. The second-order valence-corrected chi connectivity index (χ2v) is 9.06. The van der Waals surface area contributed by atoms with Crippen LogP contribution in [0.5, 0.6) is 0 Å². The number of carbonyl (C=O) groups excluding carboxylic acids is 1. The first kappa shape index (κ1) is 24.0. The van der Waals surface area contributed by atoms with E-state index < -0.39 is 0 Å². The molecule has 1 atom stereocenters. The highest BCUT2D eigenvalue weighted by molar-refractivity contribution is 5.97. The van der Waals surface area contributed by atoms with Gasteiger partial charge in [0.05, 0.1) is 13.1 Å². The van der Waals surface area contributed by atoms with Gasteiger partial charge in [0.2, 0.25) is 5.91 Å². The van der Waals surface area contributed by atoms with Crippen LogP contribution in [0, 0.1) is 19.3 Å². The van der Waals surface area contributed by atoms with Crippen molar-refractivity contribution in [3.05, 3.63) is 22.8 Å². The van der Waals surface area contributed by atoms with E-state index in [0.29, 0.717) is 0 Å². The number of amides is 1. The van der Waals surface area contributed by atoms with E-state index in [1.54, 1.807) is 4.90 Å². The normalized spacial score (nSPS) is 16.0. The number of unbranched alkanes of at least 4 members (excludes halogenated alkanes) is 5. The number of nitrogens with one attached hydrogen (secondary N) is 2. The Bertz CT molecular complexity index is 634. The Labute approximate surface area is 172 Å². The van der Waals surface area contributed by atoms with Crippen molar-refractivity contribution in [1.82, 2.24) is 0 Å². The average Bonchev–Trinajstić information content (AvgIpc) is 2.98. The molecule has 27 heavy (non-hydrogen) atoms. The molecule has 0 aromatic heterocycles. The van der Waals surface area contributed by atoms with Gasteiger partial charge in [0.1, 0.15) is 5.69 Å². The molecule has 1 amide bonds. The fourth-order valence-electron chi connectivity index (χ4n) is 3.97. The van der Waals surface area contributed by atoms with Crippen LogP contribution in [0.3, 0.4) is 0 Å². The third-order valence-corrected chi connectivity index (χ3v) is 5.64. The lowest BCUT2D eigenvalue weighted by Gasteiger charge is -2.23. The topological polar surface area (TPSA) is 33.5 Å². The van der Waals surface area contributed by atoms with Crippen molar-refractivity contribution in [2.24, 2.45) is 5.41 Å². The van der Waals surface area contributed by atoms with Crippen LogP contribution in [-0.2, 0) is 11.2 Å². The highest BCUT2D eigenvalue weighted by Gasteiger charge is 2.32. The van der Waals surface area contributed by atoms with Crippen LogP contribution < -0.4 is 22.6 Å². The Morgan fingerprint density at radius 2 is 1.70 bits per heavy atom. The number of benzene rings is 1. The number of hydrogen-bond donors (Lipinski definition) is 2. The quantitative estimate of drug-likeness (QED) is 0.647. The van der Waals surface area contributed by atoms with Gasteiger partial charge in [-0.05, 0) is 37.8 Å². The van der Waals surface area contributed by atoms with E-state index in [-0.39, 0.29) is 23.7 Å². The second-order valence-electron chi connectivity index (χ2n) is 9.06. The molecule has 3 nitrogen and oxygen atoms in total. The number of fused-ring (bicyclic) bond motifs is 1. The summed E-state index contributed by atoms with van der Waals surface area (Å²) >= 11 is 0. The van der Waals surface area contributed by atoms with E-state index in [2.05, 4.69) is 32.2 Å². The average molecular weight is 395 g/mol. The molecule has 1 aromatic carbocycles. The molecule has 1 unspecified atom stereocenters. The minimum Gasteiger partial charge on any atom is -1.00 e. The molecule has 154 valence electrons. The molecule has 0 aliphatic carbocycles. The van der Waals surface area contributed by atoms with Crippen molar-refractivity contribution < 1.29 is 22.1 Å². The van der Waals surface area contributed by atoms with Gasteiger partial charge in [0.15, 0.2) is 5.69 Å². The minimum atomic E-state index is -0.373. The van der Waals surface area contributed by atoms with Gasteiger partial charge >= 0.3 is 0 Å². The van der Waals surface area contributed by atoms with E-state index in [4.69, 9.17) is 0 Å². The van der Waals surface area contributed by atoms with Crippen molar-refractivity contribution in [1.29, 1.82) is 0 Å². The molecule has 1 heterocycles. The van der Waals surface area contributed by atoms with Gasteiger partial charge in [0.25, 0.3) is 0 Å². The molecule has 1 aliphatic rings. The van der Waals surface area contributed by atoms with Gasteiger partial charge < -0.3 is 22.6 Å².